The number of benzene rings is 2. The Morgan fingerprint density at radius 2 is 1.69 bits per heavy atom. The second-order valence-corrected chi connectivity index (χ2v) is 7.53. The molecule has 4 heteroatoms. The summed E-state index contributed by atoms with van der Waals surface area (Å²) in [6.07, 6.45) is 4.43. The van der Waals surface area contributed by atoms with Gasteiger partial charge in [0.2, 0.25) is 0 Å². The number of anilines is 1. The van der Waals surface area contributed by atoms with Gasteiger partial charge in [-0.15, -0.1) is 0 Å². The number of hydrogen-bond acceptors (Lipinski definition) is 3. The molecule has 0 radical (unpaired) electrons. The molecule has 1 aliphatic heterocycles. The lowest BCUT2D eigenvalue weighted by molar-refractivity contribution is -0.635. The van der Waals surface area contributed by atoms with Gasteiger partial charge in [-0.25, -0.2) is 0 Å². The molecule has 2 heterocycles. The fourth-order valence-electron chi connectivity index (χ4n) is 4.12. The van der Waals surface area contributed by atoms with Gasteiger partial charge in [-0.05, 0) is 51.0 Å². The van der Waals surface area contributed by atoms with Crippen molar-refractivity contribution in [3.8, 4) is 0 Å². The van der Waals surface area contributed by atoms with Crippen LogP contribution in [0.5, 0.6) is 0 Å². The Kier molecular flexibility index (Phi) is 3.79. The van der Waals surface area contributed by atoms with Crippen molar-refractivity contribution in [2.24, 2.45) is 7.05 Å². The fraction of sp³-hybridized carbons (Fsp3) is 0.318. The molecule has 0 aliphatic carbocycles. The minimum absolute atomic E-state index is 0.124. The molecule has 0 N–H and O–H groups in total. The van der Waals surface area contributed by atoms with Crippen molar-refractivity contribution in [1.82, 2.24) is 4.90 Å². The third-order valence-electron chi connectivity index (χ3n) is 5.58. The summed E-state index contributed by atoms with van der Waals surface area (Å²) in [5.74, 6) is 0. The van der Waals surface area contributed by atoms with E-state index < -0.39 is 0 Å². The summed E-state index contributed by atoms with van der Waals surface area (Å²) < 4.78 is 8.27. The van der Waals surface area contributed by atoms with Gasteiger partial charge in [-0.1, -0.05) is 36.4 Å². The Balaban J connectivity index is 1.70. The van der Waals surface area contributed by atoms with Crippen molar-refractivity contribution < 1.29 is 8.98 Å². The molecule has 2 aromatic carbocycles. The van der Waals surface area contributed by atoms with Gasteiger partial charge >= 0.3 is 6.01 Å². The highest BCUT2D eigenvalue weighted by atomic mass is 16.4. The smallest absolute Gasteiger partial charge is 0.387 e. The lowest BCUT2D eigenvalue weighted by Crippen LogP contribution is -2.48. The second-order valence-electron chi connectivity index (χ2n) is 7.53. The van der Waals surface area contributed by atoms with Gasteiger partial charge in [0.1, 0.15) is 6.20 Å². The molecule has 0 unspecified atom stereocenters. The molecule has 0 saturated carbocycles. The average molecular weight is 348 g/mol. The van der Waals surface area contributed by atoms with Gasteiger partial charge in [-0.2, -0.15) is 9.47 Å². The Morgan fingerprint density at radius 3 is 2.42 bits per heavy atom. The van der Waals surface area contributed by atoms with Crippen LogP contribution in [0.15, 0.2) is 65.3 Å². The van der Waals surface area contributed by atoms with E-state index in [9.17, 15) is 0 Å². The van der Waals surface area contributed by atoms with Gasteiger partial charge in [0.05, 0.1) is 12.6 Å². The van der Waals surface area contributed by atoms with E-state index in [0.717, 1.165) is 17.1 Å². The molecule has 0 bridgehead atoms. The maximum atomic E-state index is 6.15. The number of oxazole rings is 1. The lowest BCUT2D eigenvalue weighted by atomic mass is 9.88. The summed E-state index contributed by atoms with van der Waals surface area (Å²) >= 11 is 0. The summed E-state index contributed by atoms with van der Waals surface area (Å²) in [6, 6.07) is 17.6. The Bertz CT molecular complexity index is 986. The minimum Gasteiger partial charge on any atom is -0.387 e. The molecule has 0 spiro atoms. The van der Waals surface area contributed by atoms with Crippen molar-refractivity contribution in [2.45, 2.75) is 39.4 Å². The Hall–Kier alpha value is -2.75. The van der Waals surface area contributed by atoms with E-state index in [1.165, 1.54) is 11.1 Å². The average Bonchev–Trinajstić information content (AvgIpc) is 3.16. The largest absolute Gasteiger partial charge is 0.463 e. The molecule has 3 aromatic rings. The maximum Gasteiger partial charge on any atom is 0.463 e. The van der Waals surface area contributed by atoms with Crippen LogP contribution in [-0.2, 0) is 12.6 Å². The first kappa shape index (κ1) is 16.7. The number of aryl methyl sites for hydroxylation is 2. The highest BCUT2D eigenvalue weighted by Gasteiger charge is 2.42. The number of hydrogen-bond donors (Lipinski definition) is 0. The van der Waals surface area contributed by atoms with E-state index in [2.05, 4.69) is 91.8 Å². The first-order valence-corrected chi connectivity index (χ1v) is 9.10. The Labute approximate surface area is 155 Å². The number of fused-ring (bicyclic) bond motifs is 1. The van der Waals surface area contributed by atoms with E-state index in [0.29, 0.717) is 0 Å². The number of rotatable bonds is 3. The van der Waals surface area contributed by atoms with Crippen molar-refractivity contribution in [3.05, 3.63) is 72.1 Å². The second kappa shape index (κ2) is 5.90. The van der Waals surface area contributed by atoms with E-state index >= 15 is 0 Å². The van der Waals surface area contributed by atoms with Gasteiger partial charge in [0.15, 0.2) is 17.3 Å². The minimum atomic E-state index is -0.124. The number of aromatic nitrogens is 1. The number of para-hydroxylation sites is 2. The molecule has 4 rings (SSSR count). The van der Waals surface area contributed by atoms with Crippen LogP contribution in [0.4, 0.5) is 6.01 Å². The molecule has 26 heavy (non-hydrogen) atoms. The predicted octanol–water partition coefficient (Wildman–Crippen LogP) is 4.44. The van der Waals surface area contributed by atoms with Crippen LogP contribution in [-0.4, -0.2) is 11.1 Å². The topological polar surface area (TPSA) is 23.5 Å². The molecule has 134 valence electrons. The van der Waals surface area contributed by atoms with Crippen molar-refractivity contribution in [2.75, 3.05) is 4.90 Å². The first-order valence-electron chi connectivity index (χ1n) is 9.10. The van der Waals surface area contributed by atoms with Gasteiger partial charge in [0.25, 0.3) is 0 Å². The van der Waals surface area contributed by atoms with Crippen LogP contribution in [0.2, 0.25) is 0 Å². The SMILES string of the molecule is Cc1ccccc1C(C)(C)N1C=CN(c2oc3ccccc3[n+]2C)[C@H]1C. The monoisotopic (exact) mass is 348 g/mol. The van der Waals surface area contributed by atoms with Crippen LogP contribution in [0.3, 0.4) is 0 Å². The highest BCUT2D eigenvalue weighted by molar-refractivity contribution is 5.70. The van der Waals surface area contributed by atoms with E-state index in [-0.39, 0.29) is 11.7 Å². The zero-order valence-electron chi connectivity index (χ0n) is 16.1. The Morgan fingerprint density at radius 1 is 1.00 bits per heavy atom. The standard InChI is InChI=1S/C22H26N3O/c1-16-10-6-7-11-18(16)22(3,4)25-15-14-24(17(25)2)21-23(5)19-12-8-9-13-20(19)26-21/h6-15,17H,1-5H3/q+1/t17-/m1/s1. The normalized spacial score (nSPS) is 17.5. The molecular weight excluding hydrogens is 322 g/mol. The van der Waals surface area contributed by atoms with E-state index in [1.54, 1.807) is 0 Å². The molecule has 0 fully saturated rings. The van der Waals surface area contributed by atoms with Crippen molar-refractivity contribution in [1.29, 1.82) is 0 Å². The zero-order chi connectivity index (χ0) is 18.5. The molecule has 1 aliphatic rings. The van der Waals surface area contributed by atoms with Gasteiger partial charge in [-0.3, -0.25) is 0 Å². The van der Waals surface area contributed by atoms with Crippen LogP contribution < -0.4 is 9.47 Å². The molecular formula is C22H26N3O+. The summed E-state index contributed by atoms with van der Waals surface area (Å²) in [4.78, 5) is 4.59. The van der Waals surface area contributed by atoms with Crippen LogP contribution in [0.25, 0.3) is 11.1 Å². The van der Waals surface area contributed by atoms with Crippen LogP contribution in [0, 0.1) is 6.92 Å². The molecule has 1 atom stereocenters. The number of nitrogens with zero attached hydrogens (tertiary/aromatic N) is 3. The van der Waals surface area contributed by atoms with E-state index in [1.807, 2.05) is 18.2 Å². The first-order chi connectivity index (χ1) is 12.4. The third-order valence-corrected chi connectivity index (χ3v) is 5.58. The summed E-state index contributed by atoms with van der Waals surface area (Å²) in [5, 5.41) is 0. The predicted molar refractivity (Wildman–Crippen MR) is 105 cm³/mol. The van der Waals surface area contributed by atoms with Crippen molar-refractivity contribution >= 4 is 17.1 Å². The summed E-state index contributed by atoms with van der Waals surface area (Å²) in [6.45, 7) is 8.95. The highest BCUT2D eigenvalue weighted by Crippen LogP contribution is 2.37. The lowest BCUT2D eigenvalue weighted by Gasteiger charge is -2.39. The fourth-order valence-corrected chi connectivity index (χ4v) is 4.12. The van der Waals surface area contributed by atoms with Crippen LogP contribution >= 0.6 is 0 Å². The quantitative estimate of drug-likeness (QED) is 0.654. The van der Waals surface area contributed by atoms with Gasteiger partial charge in [0, 0.05) is 6.20 Å². The van der Waals surface area contributed by atoms with Gasteiger partial charge < -0.3 is 9.32 Å². The maximum absolute atomic E-state index is 6.15. The van der Waals surface area contributed by atoms with E-state index in [4.69, 9.17) is 4.42 Å². The molecule has 0 saturated heterocycles. The molecule has 0 amide bonds. The zero-order valence-corrected chi connectivity index (χ0v) is 16.1. The molecule has 4 nitrogen and oxygen atoms in total. The summed E-state index contributed by atoms with van der Waals surface area (Å²) in [5.41, 5.74) is 4.53. The van der Waals surface area contributed by atoms with Crippen LogP contribution in [0.1, 0.15) is 31.9 Å². The summed E-state index contributed by atoms with van der Waals surface area (Å²) in [7, 11) is 2.05. The third kappa shape index (κ3) is 2.40. The van der Waals surface area contributed by atoms with Crippen molar-refractivity contribution in [3.63, 3.8) is 0 Å². The molecule has 1 aromatic heterocycles.